The number of benzene rings is 1. The van der Waals surface area contributed by atoms with Crippen molar-refractivity contribution in [3.05, 3.63) is 54.3 Å². The minimum atomic E-state index is 0.563. The van der Waals surface area contributed by atoms with E-state index in [-0.39, 0.29) is 0 Å². The minimum absolute atomic E-state index is 0.563. The van der Waals surface area contributed by atoms with Crippen LogP contribution in [0.3, 0.4) is 0 Å². The Labute approximate surface area is 90.4 Å². The predicted molar refractivity (Wildman–Crippen MR) is 63.5 cm³/mol. The van der Waals surface area contributed by atoms with Crippen molar-refractivity contribution in [1.82, 2.24) is 0 Å². The average Bonchev–Trinajstić information content (AvgIpc) is 2.27. The quantitative estimate of drug-likeness (QED) is 0.441. The summed E-state index contributed by atoms with van der Waals surface area (Å²) in [6.45, 7) is 5.69. The van der Waals surface area contributed by atoms with Crippen LogP contribution in [0.2, 0.25) is 0 Å². The van der Waals surface area contributed by atoms with Gasteiger partial charge >= 0.3 is 0 Å². The molecule has 0 aromatic heterocycles. The van der Waals surface area contributed by atoms with Gasteiger partial charge in [-0.15, -0.1) is 0 Å². The summed E-state index contributed by atoms with van der Waals surface area (Å²) in [6, 6.07) is 7.81. The summed E-state index contributed by atoms with van der Waals surface area (Å²) in [6.07, 6.45) is 5.35. The van der Waals surface area contributed by atoms with Gasteiger partial charge in [-0.25, -0.2) is 0 Å². The molecule has 0 aliphatic heterocycles. The summed E-state index contributed by atoms with van der Waals surface area (Å²) in [5, 5.41) is 6.92. The van der Waals surface area contributed by atoms with Crippen LogP contribution in [0.5, 0.6) is 5.75 Å². The van der Waals surface area contributed by atoms with Gasteiger partial charge in [-0.05, 0) is 37.4 Å². The standard InChI is InChI=1S/C13H15NO/c1-3-12(5-4-10-14)15-13-8-6-11(2)7-9-13/h3,5-10,14H,1,4H2,2H3/b12-5+,14-10?. The lowest BCUT2D eigenvalue weighted by atomic mass is 10.2. The molecule has 0 atom stereocenters. The van der Waals surface area contributed by atoms with E-state index >= 15 is 0 Å². The van der Waals surface area contributed by atoms with Crippen molar-refractivity contribution in [2.24, 2.45) is 0 Å². The number of nitrogens with one attached hydrogen (secondary N) is 1. The third kappa shape index (κ3) is 3.81. The maximum absolute atomic E-state index is 6.92. The third-order valence-electron chi connectivity index (χ3n) is 1.89. The van der Waals surface area contributed by atoms with Gasteiger partial charge in [0.2, 0.25) is 0 Å². The lowest BCUT2D eigenvalue weighted by Gasteiger charge is -2.05. The van der Waals surface area contributed by atoms with Gasteiger partial charge in [0.1, 0.15) is 11.5 Å². The van der Waals surface area contributed by atoms with Crippen LogP contribution in [0.1, 0.15) is 12.0 Å². The molecule has 0 heterocycles. The van der Waals surface area contributed by atoms with Gasteiger partial charge in [-0.3, -0.25) is 0 Å². The zero-order valence-electron chi connectivity index (χ0n) is 8.86. The minimum Gasteiger partial charge on any atom is -0.458 e. The highest BCUT2D eigenvalue weighted by Crippen LogP contribution is 2.15. The first kappa shape index (κ1) is 11.2. The molecule has 15 heavy (non-hydrogen) atoms. The van der Waals surface area contributed by atoms with Crippen molar-refractivity contribution in [3.8, 4) is 5.75 Å². The lowest BCUT2D eigenvalue weighted by Crippen LogP contribution is -1.92. The highest BCUT2D eigenvalue weighted by atomic mass is 16.5. The van der Waals surface area contributed by atoms with Crippen molar-refractivity contribution in [2.45, 2.75) is 13.3 Å². The Kier molecular flexibility index (Phi) is 4.35. The van der Waals surface area contributed by atoms with E-state index < -0.39 is 0 Å². The van der Waals surface area contributed by atoms with Crippen molar-refractivity contribution in [2.75, 3.05) is 0 Å². The first-order valence-electron chi connectivity index (χ1n) is 4.82. The largest absolute Gasteiger partial charge is 0.458 e. The van der Waals surface area contributed by atoms with Gasteiger partial charge in [0.25, 0.3) is 0 Å². The fourth-order valence-corrected chi connectivity index (χ4v) is 1.08. The Bertz CT molecular complexity index is 363. The summed E-state index contributed by atoms with van der Waals surface area (Å²) < 4.78 is 5.56. The molecule has 1 rings (SSSR count). The Morgan fingerprint density at radius 3 is 2.60 bits per heavy atom. The molecular weight excluding hydrogens is 186 g/mol. The fourth-order valence-electron chi connectivity index (χ4n) is 1.08. The van der Waals surface area contributed by atoms with Gasteiger partial charge in [-0.2, -0.15) is 0 Å². The highest BCUT2D eigenvalue weighted by molar-refractivity contribution is 5.55. The smallest absolute Gasteiger partial charge is 0.127 e. The van der Waals surface area contributed by atoms with E-state index in [0.29, 0.717) is 12.2 Å². The van der Waals surface area contributed by atoms with Gasteiger partial charge in [0.15, 0.2) is 0 Å². The second kappa shape index (κ2) is 5.81. The summed E-state index contributed by atoms with van der Waals surface area (Å²) >= 11 is 0. The van der Waals surface area contributed by atoms with Crippen molar-refractivity contribution in [3.63, 3.8) is 0 Å². The summed E-state index contributed by atoms with van der Waals surface area (Å²) in [4.78, 5) is 0. The van der Waals surface area contributed by atoms with Crippen molar-refractivity contribution in [1.29, 1.82) is 5.41 Å². The van der Waals surface area contributed by atoms with Crippen molar-refractivity contribution >= 4 is 6.21 Å². The monoisotopic (exact) mass is 201 g/mol. The van der Waals surface area contributed by atoms with Gasteiger partial charge in [-0.1, -0.05) is 24.3 Å². The Morgan fingerprint density at radius 2 is 2.07 bits per heavy atom. The molecule has 78 valence electrons. The van der Waals surface area contributed by atoms with Crippen LogP contribution >= 0.6 is 0 Å². The molecule has 2 nitrogen and oxygen atoms in total. The maximum atomic E-state index is 6.92. The van der Waals surface area contributed by atoms with E-state index in [4.69, 9.17) is 10.1 Å². The first-order valence-corrected chi connectivity index (χ1v) is 4.82. The molecule has 1 aromatic rings. The van der Waals surface area contributed by atoms with Crippen molar-refractivity contribution < 1.29 is 4.74 Å². The Hall–Kier alpha value is -1.83. The topological polar surface area (TPSA) is 33.1 Å². The van der Waals surface area contributed by atoms with Gasteiger partial charge < -0.3 is 10.1 Å². The zero-order valence-corrected chi connectivity index (χ0v) is 8.86. The Morgan fingerprint density at radius 1 is 1.40 bits per heavy atom. The molecule has 0 aliphatic carbocycles. The number of rotatable bonds is 5. The molecule has 0 spiro atoms. The molecule has 0 fully saturated rings. The molecule has 0 unspecified atom stereocenters. The first-order chi connectivity index (χ1) is 7.26. The number of hydrogen-bond donors (Lipinski definition) is 1. The van der Waals surface area contributed by atoms with Gasteiger partial charge in [0.05, 0.1) is 0 Å². The third-order valence-corrected chi connectivity index (χ3v) is 1.89. The number of allylic oxidation sites excluding steroid dienone is 2. The van der Waals surface area contributed by atoms with E-state index in [1.807, 2.05) is 37.3 Å². The second-order valence-corrected chi connectivity index (χ2v) is 3.17. The summed E-state index contributed by atoms with van der Waals surface area (Å²) in [5.41, 5.74) is 1.20. The molecule has 1 N–H and O–H groups in total. The summed E-state index contributed by atoms with van der Waals surface area (Å²) in [5.74, 6) is 1.47. The van der Waals surface area contributed by atoms with E-state index in [1.165, 1.54) is 11.8 Å². The molecule has 0 saturated heterocycles. The molecular formula is C13H15NO. The molecule has 1 aromatic carbocycles. The van der Waals surface area contributed by atoms with E-state index in [9.17, 15) is 0 Å². The zero-order chi connectivity index (χ0) is 11.1. The Balaban J connectivity index is 2.70. The normalized spacial score (nSPS) is 10.9. The summed E-state index contributed by atoms with van der Waals surface area (Å²) in [7, 11) is 0. The van der Waals surface area contributed by atoms with Gasteiger partial charge in [0, 0.05) is 6.42 Å². The number of ether oxygens (including phenoxy) is 1. The second-order valence-electron chi connectivity index (χ2n) is 3.17. The SMILES string of the molecule is C=C/C(=C\CC=N)Oc1ccc(C)cc1. The molecule has 0 aliphatic rings. The molecule has 0 radical (unpaired) electrons. The van der Waals surface area contributed by atoms with Crippen LogP contribution < -0.4 is 4.74 Å². The molecule has 2 heteroatoms. The molecule has 0 saturated carbocycles. The maximum Gasteiger partial charge on any atom is 0.127 e. The number of hydrogen-bond acceptors (Lipinski definition) is 2. The number of aryl methyl sites for hydroxylation is 1. The van der Waals surface area contributed by atoms with Crippen LogP contribution in [0.4, 0.5) is 0 Å². The molecule has 0 bridgehead atoms. The fraction of sp³-hybridized carbons (Fsp3) is 0.154. The van der Waals surface area contributed by atoms with E-state index in [1.54, 1.807) is 6.08 Å². The molecule has 0 amide bonds. The van der Waals surface area contributed by atoms with E-state index in [0.717, 1.165) is 5.75 Å². The van der Waals surface area contributed by atoms with Crippen LogP contribution in [-0.2, 0) is 0 Å². The van der Waals surface area contributed by atoms with Crippen LogP contribution in [0, 0.1) is 12.3 Å². The van der Waals surface area contributed by atoms with Crippen LogP contribution in [-0.4, -0.2) is 6.21 Å². The van der Waals surface area contributed by atoms with Crippen LogP contribution in [0.15, 0.2) is 48.8 Å². The average molecular weight is 201 g/mol. The predicted octanol–water partition coefficient (Wildman–Crippen LogP) is 3.48. The van der Waals surface area contributed by atoms with Crippen LogP contribution in [0.25, 0.3) is 0 Å². The highest BCUT2D eigenvalue weighted by Gasteiger charge is 1.95. The van der Waals surface area contributed by atoms with E-state index in [2.05, 4.69) is 6.58 Å². The lowest BCUT2D eigenvalue weighted by molar-refractivity contribution is 0.443.